The van der Waals surface area contributed by atoms with Crippen LogP contribution in [0.5, 0.6) is 0 Å². The molecule has 122 valence electrons. The van der Waals surface area contributed by atoms with Gasteiger partial charge in [0.25, 0.3) is 0 Å². The van der Waals surface area contributed by atoms with E-state index in [9.17, 15) is 9.90 Å². The molecule has 0 unspecified atom stereocenters. The summed E-state index contributed by atoms with van der Waals surface area (Å²) in [5.74, 6) is 0.611. The largest absolute Gasteiger partial charge is 0.461 e. The minimum atomic E-state index is -0.537. The van der Waals surface area contributed by atoms with Gasteiger partial charge in [0.2, 0.25) is 0 Å². The van der Waals surface area contributed by atoms with Gasteiger partial charge in [-0.1, -0.05) is 51.2 Å². The van der Waals surface area contributed by atoms with Gasteiger partial charge in [0.05, 0.1) is 12.0 Å². The van der Waals surface area contributed by atoms with Gasteiger partial charge < -0.3 is 9.84 Å². The highest BCUT2D eigenvalue weighted by Gasteiger charge is 2.41. The van der Waals surface area contributed by atoms with Crippen molar-refractivity contribution in [3.05, 3.63) is 36.0 Å². The van der Waals surface area contributed by atoms with Crippen molar-refractivity contribution in [1.82, 2.24) is 0 Å². The van der Waals surface area contributed by atoms with Crippen LogP contribution in [0.15, 0.2) is 36.0 Å². The number of carbonyl (C=O) groups is 1. The molecule has 0 saturated heterocycles. The molecule has 2 rings (SSSR count). The van der Waals surface area contributed by atoms with Crippen molar-refractivity contribution in [3.8, 4) is 0 Å². The van der Waals surface area contributed by atoms with Crippen molar-refractivity contribution >= 4 is 5.97 Å². The van der Waals surface area contributed by atoms with Crippen LogP contribution in [0.25, 0.3) is 0 Å². The third-order valence-corrected chi connectivity index (χ3v) is 4.96. The van der Waals surface area contributed by atoms with Crippen LogP contribution in [0.2, 0.25) is 0 Å². The highest BCUT2D eigenvalue weighted by atomic mass is 16.5. The molecule has 0 aliphatic heterocycles. The Morgan fingerprint density at radius 3 is 2.91 bits per heavy atom. The molecule has 0 bridgehead atoms. The minimum Gasteiger partial charge on any atom is -0.461 e. The number of fused-ring (bicyclic) bond motifs is 1. The summed E-state index contributed by atoms with van der Waals surface area (Å²) in [6, 6.07) is 0. The fraction of sp³-hybridized carbons (Fsp3) is 0.632. The summed E-state index contributed by atoms with van der Waals surface area (Å²) < 4.78 is 5.80. The first kappa shape index (κ1) is 17.0. The van der Waals surface area contributed by atoms with E-state index in [4.69, 9.17) is 4.74 Å². The van der Waals surface area contributed by atoms with E-state index in [0.717, 1.165) is 12.0 Å². The van der Waals surface area contributed by atoms with Gasteiger partial charge in [-0.05, 0) is 30.8 Å². The van der Waals surface area contributed by atoms with Gasteiger partial charge in [0.15, 0.2) is 0 Å². The summed E-state index contributed by atoms with van der Waals surface area (Å²) in [4.78, 5) is 12.2. The zero-order chi connectivity index (χ0) is 16.3. The molecule has 0 saturated carbocycles. The average Bonchev–Trinajstić information content (AvgIpc) is 2.49. The molecule has 22 heavy (non-hydrogen) atoms. The number of hydrogen-bond acceptors (Lipinski definition) is 3. The van der Waals surface area contributed by atoms with Crippen LogP contribution in [0.3, 0.4) is 0 Å². The number of allylic oxidation sites excluding steroid dienone is 4. The molecular formula is C19H28O3. The van der Waals surface area contributed by atoms with Crippen molar-refractivity contribution in [3.63, 3.8) is 0 Å². The summed E-state index contributed by atoms with van der Waals surface area (Å²) >= 11 is 0. The van der Waals surface area contributed by atoms with E-state index in [1.165, 1.54) is 0 Å². The van der Waals surface area contributed by atoms with Gasteiger partial charge in [0, 0.05) is 12.3 Å². The Labute approximate surface area is 133 Å². The molecule has 0 spiro atoms. The third kappa shape index (κ3) is 3.52. The van der Waals surface area contributed by atoms with Gasteiger partial charge in [-0.25, -0.2) is 0 Å². The molecule has 6 atom stereocenters. The molecule has 0 aromatic carbocycles. The van der Waals surface area contributed by atoms with Crippen molar-refractivity contribution in [2.24, 2.45) is 23.7 Å². The molecule has 3 nitrogen and oxygen atoms in total. The molecular weight excluding hydrogens is 276 g/mol. The number of hydrogen-bond donors (Lipinski definition) is 1. The Balaban J connectivity index is 2.28. The molecule has 0 heterocycles. The molecule has 0 aromatic heterocycles. The average molecular weight is 304 g/mol. The number of aliphatic hydroxyl groups excluding tert-OH is 1. The highest BCUT2D eigenvalue weighted by Crippen LogP contribution is 2.42. The lowest BCUT2D eigenvalue weighted by atomic mass is 9.68. The summed E-state index contributed by atoms with van der Waals surface area (Å²) in [5, 5.41) is 10.1. The maximum absolute atomic E-state index is 12.2. The molecule has 3 heteroatoms. The van der Waals surface area contributed by atoms with Crippen LogP contribution < -0.4 is 0 Å². The molecule has 0 amide bonds. The van der Waals surface area contributed by atoms with Crippen LogP contribution in [-0.4, -0.2) is 23.3 Å². The zero-order valence-corrected chi connectivity index (χ0v) is 14.0. The third-order valence-electron chi connectivity index (χ3n) is 4.96. The lowest BCUT2D eigenvalue weighted by Gasteiger charge is -2.41. The normalized spacial score (nSPS) is 35.9. The highest BCUT2D eigenvalue weighted by molar-refractivity contribution is 5.72. The first-order valence-corrected chi connectivity index (χ1v) is 8.39. The lowest BCUT2D eigenvalue weighted by molar-refractivity contribution is -0.158. The van der Waals surface area contributed by atoms with Crippen LogP contribution in [0.4, 0.5) is 0 Å². The standard InChI is InChI=1S/C19H28O3/c1-5-7-16-13(4)8-9-14-10-15(20)11-17(18(14)16)22-19(21)12(3)6-2/h5,7-10,12-13,15-18,20H,6,11H2,1-4H3/b7-5+/t12-,13-,15+,16-,17-,18-/m0/s1. The Hall–Kier alpha value is -1.35. The van der Waals surface area contributed by atoms with E-state index in [1.807, 2.05) is 26.8 Å². The van der Waals surface area contributed by atoms with Crippen molar-refractivity contribution < 1.29 is 14.6 Å². The predicted molar refractivity (Wildman–Crippen MR) is 88.1 cm³/mol. The van der Waals surface area contributed by atoms with Crippen LogP contribution in [0.1, 0.15) is 40.5 Å². The zero-order valence-electron chi connectivity index (χ0n) is 14.0. The predicted octanol–water partition coefficient (Wildman–Crippen LogP) is 3.65. The second kappa shape index (κ2) is 7.28. The van der Waals surface area contributed by atoms with E-state index in [-0.39, 0.29) is 23.9 Å². The van der Waals surface area contributed by atoms with E-state index < -0.39 is 6.10 Å². The van der Waals surface area contributed by atoms with E-state index >= 15 is 0 Å². The second-order valence-corrected chi connectivity index (χ2v) is 6.60. The Kier molecular flexibility index (Phi) is 5.63. The maximum atomic E-state index is 12.2. The number of aliphatic hydroxyl groups is 1. The molecule has 0 aromatic rings. The summed E-state index contributed by atoms with van der Waals surface area (Å²) in [7, 11) is 0. The fourth-order valence-corrected chi connectivity index (χ4v) is 3.43. The van der Waals surface area contributed by atoms with E-state index in [2.05, 4.69) is 31.2 Å². The summed E-state index contributed by atoms with van der Waals surface area (Å²) in [5.41, 5.74) is 1.10. The van der Waals surface area contributed by atoms with Gasteiger partial charge in [-0.3, -0.25) is 4.79 Å². The van der Waals surface area contributed by atoms with Gasteiger partial charge in [0.1, 0.15) is 6.10 Å². The molecule has 2 aliphatic carbocycles. The second-order valence-electron chi connectivity index (χ2n) is 6.60. The SMILES string of the molecule is C/C=C/[C@@H]1[C@@H]2C(=C[C@@H](O)C[C@@H]2OC(=O)[C@@H](C)CC)C=C[C@@H]1C. The number of carbonyl (C=O) groups excluding carboxylic acids is 1. The Morgan fingerprint density at radius 2 is 2.27 bits per heavy atom. The summed E-state index contributed by atoms with van der Waals surface area (Å²) in [6.07, 6.45) is 10.9. The van der Waals surface area contributed by atoms with Gasteiger partial charge >= 0.3 is 5.97 Å². The molecule has 1 N–H and O–H groups in total. The first-order chi connectivity index (χ1) is 10.5. The van der Waals surface area contributed by atoms with Crippen LogP contribution in [0, 0.1) is 23.7 Å². The van der Waals surface area contributed by atoms with E-state index in [0.29, 0.717) is 18.3 Å². The molecule has 0 radical (unpaired) electrons. The minimum absolute atomic E-state index is 0.0942. The Morgan fingerprint density at radius 1 is 1.55 bits per heavy atom. The van der Waals surface area contributed by atoms with Gasteiger partial charge in [-0.15, -0.1) is 0 Å². The fourth-order valence-electron chi connectivity index (χ4n) is 3.43. The van der Waals surface area contributed by atoms with Crippen molar-refractivity contribution in [2.75, 3.05) is 0 Å². The summed E-state index contributed by atoms with van der Waals surface area (Å²) in [6.45, 7) is 8.09. The van der Waals surface area contributed by atoms with Crippen LogP contribution >= 0.6 is 0 Å². The van der Waals surface area contributed by atoms with Crippen LogP contribution in [-0.2, 0) is 9.53 Å². The lowest BCUT2D eigenvalue weighted by Crippen LogP contribution is -2.42. The Bertz CT molecular complexity index is 489. The molecule has 2 aliphatic rings. The number of ether oxygens (including phenoxy) is 1. The quantitative estimate of drug-likeness (QED) is 0.637. The monoisotopic (exact) mass is 304 g/mol. The van der Waals surface area contributed by atoms with Crippen molar-refractivity contribution in [2.45, 2.75) is 52.7 Å². The number of esters is 1. The van der Waals surface area contributed by atoms with Crippen molar-refractivity contribution in [1.29, 1.82) is 0 Å². The maximum Gasteiger partial charge on any atom is 0.308 e. The van der Waals surface area contributed by atoms with Gasteiger partial charge in [-0.2, -0.15) is 0 Å². The first-order valence-electron chi connectivity index (χ1n) is 8.39. The van der Waals surface area contributed by atoms with E-state index in [1.54, 1.807) is 0 Å². The molecule has 0 fully saturated rings. The smallest absolute Gasteiger partial charge is 0.308 e. The number of rotatable bonds is 4. The topological polar surface area (TPSA) is 46.5 Å².